The molecule has 118 valence electrons. The topological polar surface area (TPSA) is 78.9 Å². The van der Waals surface area contributed by atoms with Crippen LogP contribution in [0.25, 0.3) is 10.2 Å². The van der Waals surface area contributed by atoms with Crippen LogP contribution in [-0.2, 0) is 6.54 Å². The van der Waals surface area contributed by atoms with E-state index in [1.165, 1.54) is 11.3 Å². The zero-order chi connectivity index (χ0) is 16.0. The van der Waals surface area contributed by atoms with Gasteiger partial charge < -0.3 is 18.6 Å². The second-order valence-corrected chi connectivity index (χ2v) is 6.06. The lowest BCUT2D eigenvalue weighted by molar-refractivity contribution is 0.0962. The Balaban J connectivity index is 1.86. The van der Waals surface area contributed by atoms with Gasteiger partial charge in [0.1, 0.15) is 0 Å². The Morgan fingerprint density at radius 3 is 2.83 bits per heavy atom. The van der Waals surface area contributed by atoms with Crippen LogP contribution in [-0.4, -0.2) is 22.4 Å². The third-order valence-electron chi connectivity index (χ3n) is 3.53. The lowest BCUT2D eigenvalue weighted by Gasteiger charge is -2.01. The number of rotatable bonds is 2. The number of benzene rings is 1. The monoisotopic (exact) mass is 331 g/mol. The van der Waals surface area contributed by atoms with E-state index in [-0.39, 0.29) is 12.6 Å². The third-order valence-corrected chi connectivity index (χ3v) is 4.57. The van der Waals surface area contributed by atoms with Crippen LogP contribution in [0, 0.1) is 6.92 Å². The normalized spacial score (nSPS) is 13.9. The van der Waals surface area contributed by atoms with Crippen LogP contribution in [0.2, 0.25) is 0 Å². The van der Waals surface area contributed by atoms with Crippen LogP contribution in [0.1, 0.15) is 23.2 Å². The average molecular weight is 331 g/mol. The molecule has 0 saturated heterocycles. The second-order valence-electron chi connectivity index (χ2n) is 5.05. The summed E-state index contributed by atoms with van der Waals surface area (Å²) in [7, 11) is 0. The maximum Gasteiger partial charge on any atom is 0.318 e. The van der Waals surface area contributed by atoms with Crippen molar-refractivity contribution in [3.63, 3.8) is 0 Å². The first-order chi connectivity index (χ1) is 11.2. The first-order valence-corrected chi connectivity index (χ1v) is 7.92. The van der Waals surface area contributed by atoms with Gasteiger partial charge in [-0.15, -0.1) is 0 Å². The van der Waals surface area contributed by atoms with Crippen LogP contribution in [0.3, 0.4) is 0 Å². The zero-order valence-corrected chi connectivity index (χ0v) is 13.3. The number of aromatic nitrogens is 2. The summed E-state index contributed by atoms with van der Waals surface area (Å²) in [5, 5.41) is 3.71. The maximum absolute atomic E-state index is 12.2. The van der Waals surface area contributed by atoms with E-state index in [0.29, 0.717) is 28.5 Å². The molecule has 1 aliphatic heterocycles. The Morgan fingerprint density at radius 2 is 2.13 bits per heavy atom. The summed E-state index contributed by atoms with van der Waals surface area (Å²) in [5.41, 5.74) is 1.61. The van der Waals surface area contributed by atoms with Crippen molar-refractivity contribution in [1.29, 1.82) is 0 Å². The van der Waals surface area contributed by atoms with Gasteiger partial charge in [-0.25, -0.2) is 0 Å². The molecular formula is C15H13N3O4S. The minimum Gasteiger partial charge on any atom is -0.454 e. The van der Waals surface area contributed by atoms with Crippen molar-refractivity contribution < 1.29 is 18.8 Å². The van der Waals surface area contributed by atoms with Gasteiger partial charge in [-0.3, -0.25) is 4.79 Å². The number of hydrogen-bond acceptors (Lipinski definition) is 6. The number of carbonyl (C=O) groups excluding carboxylic acids is 1. The fourth-order valence-electron chi connectivity index (χ4n) is 2.46. The van der Waals surface area contributed by atoms with Crippen molar-refractivity contribution in [2.24, 2.45) is 4.99 Å². The lowest BCUT2D eigenvalue weighted by Crippen LogP contribution is -2.15. The molecule has 2 aromatic heterocycles. The van der Waals surface area contributed by atoms with Gasteiger partial charge in [-0.05, 0) is 13.8 Å². The fraction of sp³-hybridized carbons (Fsp3) is 0.267. The Hall–Kier alpha value is -2.61. The first kappa shape index (κ1) is 14.0. The maximum atomic E-state index is 12.2. The van der Waals surface area contributed by atoms with Crippen LogP contribution >= 0.6 is 11.3 Å². The molecule has 23 heavy (non-hydrogen) atoms. The van der Waals surface area contributed by atoms with Gasteiger partial charge in [0.2, 0.25) is 12.6 Å². The van der Waals surface area contributed by atoms with Gasteiger partial charge >= 0.3 is 5.91 Å². The predicted octanol–water partition coefficient (Wildman–Crippen LogP) is 2.49. The molecule has 7 nitrogen and oxygen atoms in total. The highest BCUT2D eigenvalue weighted by Gasteiger charge is 2.18. The van der Waals surface area contributed by atoms with E-state index in [1.54, 1.807) is 13.0 Å². The minimum absolute atomic E-state index is 0.136. The van der Waals surface area contributed by atoms with Gasteiger partial charge in [0.15, 0.2) is 16.3 Å². The van der Waals surface area contributed by atoms with Gasteiger partial charge in [0.25, 0.3) is 0 Å². The fourth-order valence-corrected chi connectivity index (χ4v) is 3.56. The molecule has 0 atom stereocenters. The molecular weight excluding hydrogens is 318 g/mol. The van der Waals surface area contributed by atoms with Gasteiger partial charge in [0, 0.05) is 24.7 Å². The summed E-state index contributed by atoms with van der Waals surface area (Å²) in [5.74, 6) is 1.11. The predicted molar refractivity (Wildman–Crippen MR) is 82.7 cm³/mol. The lowest BCUT2D eigenvalue weighted by atomic mass is 10.3. The van der Waals surface area contributed by atoms with Crippen molar-refractivity contribution in [3.05, 3.63) is 34.5 Å². The highest BCUT2D eigenvalue weighted by molar-refractivity contribution is 7.16. The highest BCUT2D eigenvalue weighted by atomic mass is 32.1. The largest absolute Gasteiger partial charge is 0.454 e. The summed E-state index contributed by atoms with van der Waals surface area (Å²) in [6.45, 7) is 4.67. The van der Waals surface area contributed by atoms with Gasteiger partial charge in [-0.2, -0.15) is 4.99 Å². The number of hydrogen-bond donors (Lipinski definition) is 0. The second kappa shape index (κ2) is 5.24. The Labute approximate surface area is 134 Å². The molecule has 0 radical (unpaired) electrons. The number of thiazole rings is 1. The van der Waals surface area contributed by atoms with Crippen LogP contribution in [0.15, 0.2) is 27.7 Å². The Morgan fingerprint density at radius 1 is 1.35 bits per heavy atom. The average Bonchev–Trinajstić information content (AvgIpc) is 3.22. The number of fused-ring (bicyclic) bond motifs is 2. The molecule has 0 fully saturated rings. The molecule has 0 spiro atoms. The van der Waals surface area contributed by atoms with E-state index >= 15 is 0 Å². The summed E-state index contributed by atoms with van der Waals surface area (Å²) >= 11 is 1.42. The zero-order valence-electron chi connectivity index (χ0n) is 12.5. The molecule has 0 bridgehead atoms. The van der Waals surface area contributed by atoms with Gasteiger partial charge in [-0.1, -0.05) is 16.5 Å². The number of ether oxygens (including phenoxy) is 2. The number of carbonyl (C=O) groups is 1. The number of aryl methyl sites for hydroxylation is 2. The van der Waals surface area contributed by atoms with E-state index < -0.39 is 5.91 Å². The molecule has 4 rings (SSSR count). The molecule has 1 aromatic carbocycles. The molecule has 0 aliphatic carbocycles. The molecule has 3 aromatic rings. The standard InChI is InChI=1S/C15H13N3O4S/c1-3-18-9-5-10-11(21-7-20-10)6-13(9)23-15(18)16-14(19)12-4-8(2)17-22-12/h4-6H,3,7H2,1-2H3. The van der Waals surface area contributed by atoms with Crippen molar-refractivity contribution in [3.8, 4) is 11.5 Å². The van der Waals surface area contributed by atoms with Crippen LogP contribution in [0.5, 0.6) is 11.5 Å². The molecule has 0 saturated carbocycles. The quantitative estimate of drug-likeness (QED) is 0.721. The molecule has 1 aliphatic rings. The summed E-state index contributed by atoms with van der Waals surface area (Å²) in [6.07, 6.45) is 0. The smallest absolute Gasteiger partial charge is 0.318 e. The summed E-state index contributed by atoms with van der Waals surface area (Å²) in [4.78, 5) is 17.0. The molecule has 0 unspecified atom stereocenters. The molecule has 3 heterocycles. The Kier molecular flexibility index (Phi) is 3.19. The van der Waals surface area contributed by atoms with Gasteiger partial charge in [0.05, 0.1) is 15.9 Å². The Bertz CT molecular complexity index is 982. The summed E-state index contributed by atoms with van der Waals surface area (Å²) in [6, 6.07) is 5.40. The van der Waals surface area contributed by atoms with Crippen LogP contribution < -0.4 is 14.3 Å². The highest BCUT2D eigenvalue weighted by Crippen LogP contribution is 2.36. The summed E-state index contributed by atoms with van der Waals surface area (Å²) < 4.78 is 18.7. The van der Waals surface area contributed by atoms with Crippen LogP contribution in [0.4, 0.5) is 0 Å². The number of amides is 1. The van der Waals surface area contributed by atoms with E-state index in [2.05, 4.69) is 10.1 Å². The minimum atomic E-state index is -0.445. The first-order valence-electron chi connectivity index (χ1n) is 7.11. The third kappa shape index (κ3) is 2.31. The molecule has 8 heteroatoms. The van der Waals surface area contributed by atoms with E-state index in [1.807, 2.05) is 23.6 Å². The SMILES string of the molecule is CCn1c(=NC(=O)c2cc(C)no2)sc2cc3c(cc21)OCO3. The molecule has 0 N–H and O–H groups in total. The van der Waals surface area contributed by atoms with Crippen molar-refractivity contribution in [1.82, 2.24) is 9.72 Å². The van der Waals surface area contributed by atoms with Crippen molar-refractivity contribution in [2.75, 3.05) is 6.79 Å². The van der Waals surface area contributed by atoms with E-state index in [0.717, 1.165) is 10.2 Å². The van der Waals surface area contributed by atoms with Crippen molar-refractivity contribution >= 4 is 27.5 Å². The van der Waals surface area contributed by atoms with Crippen molar-refractivity contribution in [2.45, 2.75) is 20.4 Å². The van der Waals surface area contributed by atoms with E-state index in [4.69, 9.17) is 14.0 Å². The number of nitrogens with zero attached hydrogens (tertiary/aromatic N) is 3. The van der Waals surface area contributed by atoms with E-state index in [9.17, 15) is 4.79 Å². The molecule has 1 amide bonds.